The highest BCUT2D eigenvalue weighted by Crippen LogP contribution is 2.16. The Morgan fingerprint density at radius 3 is 2.37 bits per heavy atom. The molecular weight excluding hydrogens is 238 g/mol. The van der Waals surface area contributed by atoms with E-state index in [1.165, 1.54) is 5.56 Å². The van der Waals surface area contributed by atoms with Crippen molar-refractivity contribution in [3.8, 4) is 5.75 Å². The quantitative estimate of drug-likeness (QED) is 0.744. The molecule has 0 spiro atoms. The molecule has 0 fully saturated rings. The van der Waals surface area contributed by atoms with Gasteiger partial charge in [0.25, 0.3) is 0 Å². The van der Waals surface area contributed by atoms with Gasteiger partial charge in [-0.2, -0.15) is 0 Å². The number of likely N-dealkylation sites (N-methyl/N-ethyl adjacent to an activating group) is 1. The Labute approximate surface area is 117 Å². The van der Waals surface area contributed by atoms with Crippen LogP contribution in [0.2, 0.25) is 0 Å². The number of rotatable bonds is 9. The third kappa shape index (κ3) is 5.62. The zero-order chi connectivity index (χ0) is 14.1. The second-order valence-electron chi connectivity index (χ2n) is 4.78. The summed E-state index contributed by atoms with van der Waals surface area (Å²) in [5.74, 6) is 0.935. The number of methoxy groups -OCH3 is 1. The highest BCUT2D eigenvalue weighted by molar-refractivity contribution is 5.27. The molecule has 1 aromatic carbocycles. The Kier molecular flexibility index (Phi) is 7.53. The van der Waals surface area contributed by atoms with Crippen molar-refractivity contribution < 1.29 is 9.47 Å². The fraction of sp³-hybridized carbons (Fsp3) is 0.625. The lowest BCUT2D eigenvalue weighted by Crippen LogP contribution is -2.40. The van der Waals surface area contributed by atoms with Crippen LogP contribution in [0.5, 0.6) is 5.75 Å². The molecule has 19 heavy (non-hydrogen) atoms. The molecule has 0 saturated carbocycles. The molecule has 0 aromatic heterocycles. The Balaban J connectivity index is 2.51. The van der Waals surface area contributed by atoms with Crippen LogP contribution in [0, 0.1) is 0 Å². The van der Waals surface area contributed by atoms with E-state index < -0.39 is 0 Å². The van der Waals surface area contributed by atoms with Crippen molar-refractivity contribution in [3.05, 3.63) is 29.8 Å². The maximum atomic E-state index is 5.99. The molecule has 0 radical (unpaired) electrons. The lowest BCUT2D eigenvalue weighted by molar-refractivity contribution is 0.168. The second kappa shape index (κ2) is 8.94. The smallest absolute Gasteiger partial charge is 0.119 e. The summed E-state index contributed by atoms with van der Waals surface area (Å²) in [6.07, 6.45) is 2.19. The highest BCUT2D eigenvalue weighted by Gasteiger charge is 2.15. The molecule has 1 N–H and O–H groups in total. The molecule has 3 heteroatoms. The van der Waals surface area contributed by atoms with E-state index in [-0.39, 0.29) is 6.10 Å². The highest BCUT2D eigenvalue weighted by atomic mass is 16.5. The lowest BCUT2D eigenvalue weighted by Gasteiger charge is -2.24. The summed E-state index contributed by atoms with van der Waals surface area (Å²) in [6.45, 7) is 8.16. The number of ether oxygens (including phenoxy) is 2. The molecule has 0 amide bonds. The van der Waals surface area contributed by atoms with Crippen molar-refractivity contribution in [2.75, 3.05) is 20.3 Å². The zero-order valence-electron chi connectivity index (χ0n) is 12.6. The fourth-order valence-electron chi connectivity index (χ4n) is 2.16. The van der Waals surface area contributed by atoms with Gasteiger partial charge >= 0.3 is 0 Å². The average molecular weight is 265 g/mol. The first kappa shape index (κ1) is 16.0. The molecule has 2 atom stereocenters. The standard InChI is InChI=1S/C16H27NO2/c1-5-16(17-6-2)13(3)19-15-9-7-14(8-10-15)11-12-18-4/h7-10,13,16-17H,5-6,11-12H2,1-4H3. The summed E-state index contributed by atoms with van der Waals surface area (Å²) in [6, 6.07) is 8.70. The first-order valence-electron chi connectivity index (χ1n) is 7.19. The van der Waals surface area contributed by atoms with Crippen molar-refractivity contribution in [2.45, 2.75) is 45.8 Å². The molecule has 0 bridgehead atoms. The van der Waals surface area contributed by atoms with Crippen molar-refractivity contribution in [1.29, 1.82) is 0 Å². The van der Waals surface area contributed by atoms with Crippen molar-refractivity contribution in [3.63, 3.8) is 0 Å². The normalized spacial score (nSPS) is 14.1. The van der Waals surface area contributed by atoms with Crippen LogP contribution in [0.3, 0.4) is 0 Å². The number of nitrogens with one attached hydrogen (secondary N) is 1. The van der Waals surface area contributed by atoms with E-state index in [9.17, 15) is 0 Å². The first-order valence-corrected chi connectivity index (χ1v) is 7.19. The lowest BCUT2D eigenvalue weighted by atomic mass is 10.1. The van der Waals surface area contributed by atoms with Gasteiger partial charge in [0.2, 0.25) is 0 Å². The Hall–Kier alpha value is -1.06. The van der Waals surface area contributed by atoms with Gasteiger partial charge in [0.15, 0.2) is 0 Å². The molecule has 1 aromatic rings. The van der Waals surface area contributed by atoms with E-state index in [0.29, 0.717) is 6.04 Å². The van der Waals surface area contributed by atoms with Gasteiger partial charge in [0.1, 0.15) is 11.9 Å². The zero-order valence-corrected chi connectivity index (χ0v) is 12.6. The summed E-state index contributed by atoms with van der Waals surface area (Å²) in [5, 5.41) is 3.45. The van der Waals surface area contributed by atoms with E-state index in [0.717, 1.165) is 31.7 Å². The summed E-state index contributed by atoms with van der Waals surface area (Å²) < 4.78 is 11.1. The molecular formula is C16H27NO2. The van der Waals surface area contributed by atoms with Gasteiger partial charge in [-0.15, -0.1) is 0 Å². The van der Waals surface area contributed by atoms with E-state index in [4.69, 9.17) is 9.47 Å². The van der Waals surface area contributed by atoms with Crippen LogP contribution in [0.1, 0.15) is 32.8 Å². The molecule has 1 rings (SSSR count). The first-order chi connectivity index (χ1) is 9.21. The van der Waals surface area contributed by atoms with E-state index in [2.05, 4.69) is 38.2 Å². The SMILES string of the molecule is CCNC(CC)C(C)Oc1ccc(CCOC)cc1. The summed E-state index contributed by atoms with van der Waals surface area (Å²) in [5.41, 5.74) is 1.28. The number of hydrogen-bond acceptors (Lipinski definition) is 3. The maximum absolute atomic E-state index is 5.99. The largest absolute Gasteiger partial charge is 0.489 e. The topological polar surface area (TPSA) is 30.5 Å². The number of benzene rings is 1. The fourth-order valence-corrected chi connectivity index (χ4v) is 2.16. The van der Waals surface area contributed by atoms with E-state index in [1.54, 1.807) is 7.11 Å². The Morgan fingerprint density at radius 2 is 1.84 bits per heavy atom. The average Bonchev–Trinajstić information content (AvgIpc) is 2.43. The van der Waals surface area contributed by atoms with Crippen LogP contribution in [0.4, 0.5) is 0 Å². The maximum Gasteiger partial charge on any atom is 0.119 e. The van der Waals surface area contributed by atoms with Gasteiger partial charge in [-0.1, -0.05) is 26.0 Å². The van der Waals surface area contributed by atoms with Crippen molar-refractivity contribution in [1.82, 2.24) is 5.32 Å². The molecule has 108 valence electrons. The number of hydrogen-bond donors (Lipinski definition) is 1. The van der Waals surface area contributed by atoms with Gasteiger partial charge < -0.3 is 14.8 Å². The van der Waals surface area contributed by atoms with Crippen molar-refractivity contribution >= 4 is 0 Å². The molecule has 0 saturated heterocycles. The third-order valence-electron chi connectivity index (χ3n) is 3.31. The second-order valence-corrected chi connectivity index (χ2v) is 4.78. The molecule has 0 aliphatic heterocycles. The molecule has 2 unspecified atom stereocenters. The van der Waals surface area contributed by atoms with Crippen molar-refractivity contribution in [2.24, 2.45) is 0 Å². The summed E-state index contributed by atoms with van der Waals surface area (Å²) in [7, 11) is 1.73. The van der Waals surface area contributed by atoms with Gasteiger partial charge in [-0.25, -0.2) is 0 Å². The monoisotopic (exact) mass is 265 g/mol. The predicted octanol–water partition coefficient (Wildman–Crippen LogP) is 3.03. The van der Waals surface area contributed by atoms with E-state index >= 15 is 0 Å². The minimum atomic E-state index is 0.176. The van der Waals surface area contributed by atoms with E-state index in [1.807, 2.05) is 12.1 Å². The Bertz CT molecular complexity index is 337. The van der Waals surface area contributed by atoms with Crippen LogP contribution in [-0.4, -0.2) is 32.4 Å². The molecule has 0 aliphatic carbocycles. The van der Waals surface area contributed by atoms with Gasteiger partial charge in [-0.05, 0) is 44.0 Å². The molecule has 3 nitrogen and oxygen atoms in total. The summed E-state index contributed by atoms with van der Waals surface area (Å²) in [4.78, 5) is 0. The summed E-state index contributed by atoms with van der Waals surface area (Å²) >= 11 is 0. The third-order valence-corrected chi connectivity index (χ3v) is 3.31. The molecule has 0 heterocycles. The van der Waals surface area contributed by atoms with Crippen LogP contribution < -0.4 is 10.1 Å². The van der Waals surface area contributed by atoms with Gasteiger partial charge in [0, 0.05) is 13.2 Å². The van der Waals surface area contributed by atoms with Crippen LogP contribution >= 0.6 is 0 Å². The van der Waals surface area contributed by atoms with Gasteiger partial charge in [0.05, 0.1) is 6.61 Å². The molecule has 0 aliphatic rings. The van der Waals surface area contributed by atoms with Gasteiger partial charge in [-0.3, -0.25) is 0 Å². The van der Waals surface area contributed by atoms with Crippen LogP contribution in [0.25, 0.3) is 0 Å². The van der Waals surface area contributed by atoms with Crippen LogP contribution in [0.15, 0.2) is 24.3 Å². The minimum absolute atomic E-state index is 0.176. The Morgan fingerprint density at radius 1 is 1.16 bits per heavy atom. The minimum Gasteiger partial charge on any atom is -0.489 e. The van der Waals surface area contributed by atoms with Crippen LogP contribution in [-0.2, 0) is 11.2 Å². The predicted molar refractivity (Wildman–Crippen MR) is 79.9 cm³/mol.